The minimum Gasteiger partial charge on any atom is -0.508 e. The van der Waals surface area contributed by atoms with E-state index >= 15 is 0 Å². The number of nitrogens with zero attached hydrogens (tertiary/aromatic N) is 3. The van der Waals surface area contributed by atoms with Crippen molar-refractivity contribution in [1.82, 2.24) is 14.7 Å². The van der Waals surface area contributed by atoms with Gasteiger partial charge in [-0.1, -0.05) is 12.6 Å². The summed E-state index contributed by atoms with van der Waals surface area (Å²) in [5, 5.41) is 10.1. The molecule has 0 atom stereocenters. The van der Waals surface area contributed by atoms with Crippen molar-refractivity contribution in [1.29, 1.82) is 0 Å². The van der Waals surface area contributed by atoms with Crippen molar-refractivity contribution in [3.8, 4) is 5.75 Å². The average molecular weight is 371 g/mol. The first-order valence-electron chi connectivity index (χ1n) is 9.61. The maximum absolute atomic E-state index is 12.5. The summed E-state index contributed by atoms with van der Waals surface area (Å²) < 4.78 is 0. The van der Waals surface area contributed by atoms with E-state index in [1.54, 1.807) is 11.0 Å². The summed E-state index contributed by atoms with van der Waals surface area (Å²) in [4.78, 5) is 30.2. The highest BCUT2D eigenvalue weighted by atomic mass is 16.3. The number of likely N-dealkylation sites (tertiary alicyclic amines) is 1. The summed E-state index contributed by atoms with van der Waals surface area (Å²) in [6.45, 7) is 12.2. The van der Waals surface area contributed by atoms with Gasteiger partial charge in [0.15, 0.2) is 0 Å². The summed E-state index contributed by atoms with van der Waals surface area (Å²) in [5.74, 6) is 0.415. The monoisotopic (exact) mass is 371 g/mol. The van der Waals surface area contributed by atoms with Gasteiger partial charge in [0, 0.05) is 51.7 Å². The van der Waals surface area contributed by atoms with E-state index in [0.29, 0.717) is 18.9 Å². The number of benzene rings is 1. The van der Waals surface area contributed by atoms with Gasteiger partial charge in [0.05, 0.1) is 0 Å². The van der Waals surface area contributed by atoms with E-state index in [0.717, 1.165) is 56.0 Å². The number of carbonyl (C=O) groups is 2. The Morgan fingerprint density at radius 1 is 1.11 bits per heavy atom. The molecular formula is C21H29N3O3. The number of carbonyl (C=O) groups excluding carboxylic acids is 2. The lowest BCUT2D eigenvalue weighted by molar-refractivity contribution is -0.136. The Bertz CT molecular complexity index is 732. The Balaban J connectivity index is 1.43. The van der Waals surface area contributed by atoms with Gasteiger partial charge in [0.1, 0.15) is 5.75 Å². The largest absolute Gasteiger partial charge is 0.508 e. The van der Waals surface area contributed by atoms with Crippen molar-refractivity contribution in [3.05, 3.63) is 41.5 Å². The van der Waals surface area contributed by atoms with Crippen LogP contribution in [0.3, 0.4) is 0 Å². The van der Waals surface area contributed by atoms with Gasteiger partial charge < -0.3 is 14.9 Å². The van der Waals surface area contributed by atoms with Crippen molar-refractivity contribution in [2.45, 2.75) is 32.7 Å². The Labute approximate surface area is 161 Å². The van der Waals surface area contributed by atoms with Crippen LogP contribution >= 0.6 is 0 Å². The summed E-state index contributed by atoms with van der Waals surface area (Å²) in [6, 6.07) is 4.15. The molecule has 0 spiro atoms. The summed E-state index contributed by atoms with van der Waals surface area (Å²) in [6.07, 6.45) is 2.34. The highest BCUT2D eigenvalue weighted by Gasteiger charge is 2.35. The molecule has 146 valence electrons. The van der Waals surface area contributed by atoms with Gasteiger partial charge in [-0.15, -0.1) is 0 Å². The van der Waals surface area contributed by atoms with Gasteiger partial charge in [0.2, 0.25) is 11.8 Å². The number of hydrogen-bond acceptors (Lipinski definition) is 4. The number of amides is 2. The predicted molar refractivity (Wildman–Crippen MR) is 105 cm³/mol. The molecule has 0 radical (unpaired) electrons. The molecule has 2 fully saturated rings. The Hall–Kier alpha value is -2.34. The van der Waals surface area contributed by atoms with Gasteiger partial charge in [-0.2, -0.15) is 0 Å². The first kappa shape index (κ1) is 19.4. The van der Waals surface area contributed by atoms with Gasteiger partial charge in [-0.05, 0) is 49.1 Å². The van der Waals surface area contributed by atoms with Crippen LogP contribution in [0, 0.1) is 13.8 Å². The van der Waals surface area contributed by atoms with Crippen LogP contribution < -0.4 is 0 Å². The van der Waals surface area contributed by atoms with E-state index in [9.17, 15) is 14.7 Å². The highest BCUT2D eigenvalue weighted by molar-refractivity contribution is 5.87. The Kier molecular flexibility index (Phi) is 5.85. The van der Waals surface area contributed by atoms with Crippen LogP contribution in [0.2, 0.25) is 0 Å². The van der Waals surface area contributed by atoms with Crippen LogP contribution in [0.5, 0.6) is 5.75 Å². The molecule has 2 aliphatic heterocycles. The number of phenols is 1. The van der Waals surface area contributed by atoms with Crippen LogP contribution in [0.25, 0.3) is 0 Å². The standard InChI is InChI=1S/C21H29N3O3/c1-4-20(26)24-13-18(14-24)22-7-9-23(10-8-22)21(27)6-5-17-11-15(2)16(3)12-19(17)25/h4,11-12,18,25H,1,5-10,13-14H2,2-3H3. The van der Waals surface area contributed by atoms with Crippen molar-refractivity contribution < 1.29 is 14.7 Å². The average Bonchev–Trinajstić information content (AvgIpc) is 2.62. The molecule has 0 saturated carbocycles. The zero-order valence-electron chi connectivity index (χ0n) is 16.3. The van der Waals surface area contributed by atoms with Gasteiger partial charge in [0.25, 0.3) is 0 Å². The van der Waals surface area contributed by atoms with Crippen molar-refractivity contribution >= 4 is 11.8 Å². The van der Waals surface area contributed by atoms with Crippen LogP contribution in [0.4, 0.5) is 0 Å². The molecule has 2 saturated heterocycles. The normalized spacial score (nSPS) is 18.3. The summed E-state index contributed by atoms with van der Waals surface area (Å²) in [7, 11) is 0. The lowest BCUT2D eigenvalue weighted by Gasteiger charge is -2.47. The SMILES string of the molecule is C=CC(=O)N1CC(N2CCN(C(=O)CCc3cc(C)c(C)cc3O)CC2)C1. The fourth-order valence-corrected chi connectivity index (χ4v) is 3.79. The number of aryl methyl sites for hydroxylation is 3. The molecule has 27 heavy (non-hydrogen) atoms. The van der Waals surface area contributed by atoms with Crippen LogP contribution in [0.1, 0.15) is 23.1 Å². The number of aromatic hydroxyl groups is 1. The number of phenolic OH excluding ortho intramolecular Hbond substituents is 1. The first-order chi connectivity index (χ1) is 12.9. The molecule has 3 rings (SSSR count). The predicted octanol–water partition coefficient (Wildman–Crippen LogP) is 1.48. The first-order valence-corrected chi connectivity index (χ1v) is 9.61. The fraction of sp³-hybridized carbons (Fsp3) is 0.524. The van der Waals surface area contributed by atoms with E-state index in [1.807, 2.05) is 24.8 Å². The second-order valence-electron chi connectivity index (χ2n) is 7.58. The molecule has 1 aromatic rings. The molecule has 2 amide bonds. The van der Waals surface area contributed by atoms with Crippen LogP contribution in [-0.2, 0) is 16.0 Å². The van der Waals surface area contributed by atoms with Gasteiger partial charge in [-0.25, -0.2) is 0 Å². The Morgan fingerprint density at radius 3 is 2.37 bits per heavy atom. The van der Waals surface area contributed by atoms with E-state index in [2.05, 4.69) is 11.5 Å². The molecule has 6 heteroatoms. The zero-order valence-corrected chi connectivity index (χ0v) is 16.3. The molecule has 2 heterocycles. The third-order valence-electron chi connectivity index (χ3n) is 5.84. The van der Waals surface area contributed by atoms with E-state index < -0.39 is 0 Å². The molecule has 6 nitrogen and oxygen atoms in total. The van der Waals surface area contributed by atoms with E-state index in [4.69, 9.17) is 0 Å². The van der Waals surface area contributed by atoms with Crippen molar-refractivity contribution in [2.75, 3.05) is 39.3 Å². The second-order valence-corrected chi connectivity index (χ2v) is 7.58. The molecule has 0 aromatic heterocycles. The quantitative estimate of drug-likeness (QED) is 0.797. The number of hydrogen-bond donors (Lipinski definition) is 1. The molecule has 2 aliphatic rings. The van der Waals surface area contributed by atoms with Crippen molar-refractivity contribution in [3.63, 3.8) is 0 Å². The maximum atomic E-state index is 12.5. The van der Waals surface area contributed by atoms with E-state index in [-0.39, 0.29) is 17.6 Å². The smallest absolute Gasteiger partial charge is 0.246 e. The molecular weight excluding hydrogens is 342 g/mol. The number of piperazine rings is 1. The van der Waals surface area contributed by atoms with Gasteiger partial charge in [-0.3, -0.25) is 14.5 Å². The minimum absolute atomic E-state index is 0.00495. The lowest BCUT2D eigenvalue weighted by Crippen LogP contribution is -2.64. The minimum atomic E-state index is -0.00495. The third-order valence-corrected chi connectivity index (χ3v) is 5.84. The molecule has 0 aliphatic carbocycles. The summed E-state index contributed by atoms with van der Waals surface area (Å²) in [5.41, 5.74) is 3.03. The topological polar surface area (TPSA) is 64.1 Å². The molecule has 1 aromatic carbocycles. The lowest BCUT2D eigenvalue weighted by atomic mass is 10.0. The van der Waals surface area contributed by atoms with Crippen LogP contribution in [0.15, 0.2) is 24.8 Å². The van der Waals surface area contributed by atoms with E-state index in [1.165, 1.54) is 6.08 Å². The fourth-order valence-electron chi connectivity index (χ4n) is 3.79. The van der Waals surface area contributed by atoms with Crippen molar-refractivity contribution in [2.24, 2.45) is 0 Å². The maximum Gasteiger partial charge on any atom is 0.246 e. The summed E-state index contributed by atoms with van der Waals surface area (Å²) >= 11 is 0. The molecule has 1 N–H and O–H groups in total. The van der Waals surface area contributed by atoms with Crippen LogP contribution in [-0.4, -0.2) is 76.9 Å². The van der Waals surface area contributed by atoms with Gasteiger partial charge >= 0.3 is 0 Å². The number of rotatable bonds is 5. The molecule has 0 unspecified atom stereocenters. The Morgan fingerprint density at radius 2 is 1.74 bits per heavy atom. The molecule has 0 bridgehead atoms. The second kappa shape index (κ2) is 8.13. The third kappa shape index (κ3) is 4.33. The highest BCUT2D eigenvalue weighted by Crippen LogP contribution is 2.23. The zero-order chi connectivity index (χ0) is 19.6.